The molecular formula is C28H38ClN3O. The molecule has 1 amide bonds. The van der Waals surface area contributed by atoms with E-state index >= 15 is 0 Å². The molecule has 0 spiro atoms. The number of para-hydroxylation sites is 1. The van der Waals surface area contributed by atoms with Crippen LogP contribution in [0.15, 0.2) is 48.7 Å². The molecule has 0 saturated heterocycles. The molecule has 0 aliphatic carbocycles. The third kappa shape index (κ3) is 6.61. The highest BCUT2D eigenvalue weighted by atomic mass is 35.5. The van der Waals surface area contributed by atoms with Crippen LogP contribution in [0.2, 0.25) is 5.02 Å². The van der Waals surface area contributed by atoms with E-state index in [1.54, 1.807) is 0 Å². The fourth-order valence-electron chi connectivity index (χ4n) is 4.68. The third-order valence-corrected chi connectivity index (χ3v) is 6.92. The number of benzene rings is 2. The number of H-pyrrole nitrogens is 1. The highest BCUT2D eigenvalue weighted by Crippen LogP contribution is 2.35. The number of hydrogen-bond donors (Lipinski definition) is 2. The van der Waals surface area contributed by atoms with Gasteiger partial charge in [-0.05, 0) is 74.6 Å². The topological polar surface area (TPSA) is 48.1 Å². The molecule has 1 heterocycles. The Labute approximate surface area is 203 Å². The molecule has 33 heavy (non-hydrogen) atoms. The van der Waals surface area contributed by atoms with Gasteiger partial charge in [0.1, 0.15) is 0 Å². The van der Waals surface area contributed by atoms with Gasteiger partial charge in [0.05, 0.1) is 0 Å². The van der Waals surface area contributed by atoms with E-state index in [4.69, 9.17) is 11.6 Å². The lowest BCUT2D eigenvalue weighted by Gasteiger charge is -2.21. The Hall–Kier alpha value is -2.30. The van der Waals surface area contributed by atoms with E-state index in [1.165, 1.54) is 16.5 Å². The predicted molar refractivity (Wildman–Crippen MR) is 140 cm³/mol. The van der Waals surface area contributed by atoms with Crippen molar-refractivity contribution in [2.45, 2.75) is 65.3 Å². The summed E-state index contributed by atoms with van der Waals surface area (Å²) in [6, 6.07) is 14.5. The van der Waals surface area contributed by atoms with Gasteiger partial charge in [-0.1, -0.05) is 62.7 Å². The van der Waals surface area contributed by atoms with E-state index in [2.05, 4.69) is 67.3 Å². The SMILES string of the molecule is CCc1cccc2c([C@H](CC(=O)N[C@@H](C)CCCN(CC)CC)c3ccc(Cl)cc3)c[nH]c12. The van der Waals surface area contributed by atoms with Crippen molar-refractivity contribution in [3.05, 3.63) is 70.4 Å². The van der Waals surface area contributed by atoms with Crippen molar-refractivity contribution in [2.24, 2.45) is 0 Å². The minimum atomic E-state index is -0.0361. The molecule has 3 rings (SSSR count). The van der Waals surface area contributed by atoms with Crippen LogP contribution in [0.3, 0.4) is 0 Å². The monoisotopic (exact) mass is 467 g/mol. The zero-order chi connectivity index (χ0) is 23.8. The number of carbonyl (C=O) groups excluding carboxylic acids is 1. The van der Waals surface area contributed by atoms with E-state index in [0.29, 0.717) is 11.4 Å². The lowest BCUT2D eigenvalue weighted by atomic mass is 9.87. The molecule has 0 aliphatic rings. The normalized spacial score (nSPS) is 13.4. The van der Waals surface area contributed by atoms with Gasteiger partial charge in [-0.25, -0.2) is 0 Å². The number of halogens is 1. The maximum Gasteiger partial charge on any atom is 0.221 e. The molecule has 4 nitrogen and oxygen atoms in total. The number of carbonyl (C=O) groups is 1. The number of hydrogen-bond acceptors (Lipinski definition) is 2. The molecule has 178 valence electrons. The summed E-state index contributed by atoms with van der Waals surface area (Å²) in [6.45, 7) is 11.9. The number of rotatable bonds is 12. The first-order valence-electron chi connectivity index (χ1n) is 12.3. The summed E-state index contributed by atoms with van der Waals surface area (Å²) in [6.07, 6.45) is 5.52. The van der Waals surface area contributed by atoms with Crippen LogP contribution in [0.1, 0.15) is 69.6 Å². The Balaban J connectivity index is 1.76. The summed E-state index contributed by atoms with van der Waals surface area (Å²) in [5.74, 6) is 0.0530. The average molecular weight is 468 g/mol. The summed E-state index contributed by atoms with van der Waals surface area (Å²) in [5, 5.41) is 5.13. The summed E-state index contributed by atoms with van der Waals surface area (Å²) < 4.78 is 0. The number of fused-ring (bicyclic) bond motifs is 1. The molecule has 1 aromatic heterocycles. The van der Waals surface area contributed by atoms with Gasteiger partial charge in [0.2, 0.25) is 5.91 Å². The van der Waals surface area contributed by atoms with Gasteiger partial charge in [0, 0.05) is 40.5 Å². The number of aromatic amines is 1. The second kappa shape index (κ2) is 12.2. The molecule has 0 unspecified atom stereocenters. The van der Waals surface area contributed by atoms with Crippen LogP contribution in [0.5, 0.6) is 0 Å². The van der Waals surface area contributed by atoms with Gasteiger partial charge in [0.25, 0.3) is 0 Å². The highest BCUT2D eigenvalue weighted by Gasteiger charge is 2.23. The second-order valence-corrected chi connectivity index (χ2v) is 9.32. The molecule has 0 fully saturated rings. The molecule has 3 aromatic rings. The zero-order valence-electron chi connectivity index (χ0n) is 20.5. The fourth-order valence-corrected chi connectivity index (χ4v) is 4.80. The molecule has 2 aromatic carbocycles. The summed E-state index contributed by atoms with van der Waals surface area (Å²) >= 11 is 6.15. The number of nitrogens with one attached hydrogen (secondary N) is 2. The van der Waals surface area contributed by atoms with E-state index in [9.17, 15) is 4.79 Å². The van der Waals surface area contributed by atoms with Gasteiger partial charge in [-0.15, -0.1) is 0 Å². The van der Waals surface area contributed by atoms with Crippen LogP contribution >= 0.6 is 11.6 Å². The Kier molecular flexibility index (Phi) is 9.40. The predicted octanol–water partition coefficient (Wildman–Crippen LogP) is 6.53. The van der Waals surface area contributed by atoms with Crippen LogP contribution in [0.25, 0.3) is 10.9 Å². The molecular weight excluding hydrogens is 430 g/mol. The van der Waals surface area contributed by atoms with E-state index in [1.807, 2.05) is 24.3 Å². The number of amides is 1. The number of aryl methyl sites for hydroxylation is 1. The van der Waals surface area contributed by atoms with Gasteiger partial charge in [0.15, 0.2) is 0 Å². The van der Waals surface area contributed by atoms with Crippen LogP contribution in [-0.2, 0) is 11.2 Å². The average Bonchev–Trinajstić information content (AvgIpc) is 3.25. The van der Waals surface area contributed by atoms with Gasteiger partial charge in [-0.3, -0.25) is 4.79 Å². The summed E-state index contributed by atoms with van der Waals surface area (Å²) in [5.41, 5.74) is 4.72. The van der Waals surface area contributed by atoms with Crippen molar-refractivity contribution in [2.75, 3.05) is 19.6 Å². The largest absolute Gasteiger partial charge is 0.361 e. The lowest BCUT2D eigenvalue weighted by Crippen LogP contribution is -2.34. The first-order chi connectivity index (χ1) is 16.0. The Morgan fingerprint density at radius 2 is 1.82 bits per heavy atom. The van der Waals surface area contributed by atoms with Crippen LogP contribution in [0, 0.1) is 0 Å². The molecule has 0 aliphatic heterocycles. The van der Waals surface area contributed by atoms with E-state index < -0.39 is 0 Å². The van der Waals surface area contributed by atoms with E-state index in [-0.39, 0.29) is 17.9 Å². The second-order valence-electron chi connectivity index (χ2n) is 8.88. The van der Waals surface area contributed by atoms with Crippen molar-refractivity contribution in [1.29, 1.82) is 0 Å². The maximum absolute atomic E-state index is 13.1. The summed E-state index contributed by atoms with van der Waals surface area (Å²) in [4.78, 5) is 19.0. The Morgan fingerprint density at radius 3 is 2.48 bits per heavy atom. The maximum atomic E-state index is 13.1. The molecule has 0 saturated carbocycles. The van der Waals surface area contributed by atoms with Crippen molar-refractivity contribution in [3.63, 3.8) is 0 Å². The molecule has 5 heteroatoms. The van der Waals surface area contributed by atoms with Gasteiger partial charge >= 0.3 is 0 Å². The lowest BCUT2D eigenvalue weighted by molar-refractivity contribution is -0.121. The van der Waals surface area contributed by atoms with Gasteiger partial charge in [-0.2, -0.15) is 0 Å². The van der Waals surface area contributed by atoms with Gasteiger partial charge < -0.3 is 15.2 Å². The van der Waals surface area contributed by atoms with Crippen molar-refractivity contribution in [3.8, 4) is 0 Å². The van der Waals surface area contributed by atoms with Crippen LogP contribution < -0.4 is 5.32 Å². The minimum Gasteiger partial charge on any atom is -0.361 e. The number of aromatic nitrogens is 1. The standard InChI is InChI=1S/C28H38ClN3O/c1-5-21-11-8-12-24-26(19-30-28(21)24)25(22-13-15-23(29)16-14-22)18-27(33)31-20(4)10-9-17-32(6-2)7-3/h8,11-16,19-20,25,30H,5-7,9-10,17-18H2,1-4H3,(H,31,33)/t20-,25+/m0/s1. The van der Waals surface area contributed by atoms with E-state index in [0.717, 1.165) is 50.0 Å². The molecule has 0 radical (unpaired) electrons. The highest BCUT2D eigenvalue weighted by molar-refractivity contribution is 6.30. The van der Waals surface area contributed by atoms with Crippen molar-refractivity contribution >= 4 is 28.4 Å². The van der Waals surface area contributed by atoms with Crippen molar-refractivity contribution in [1.82, 2.24) is 15.2 Å². The van der Waals surface area contributed by atoms with Crippen molar-refractivity contribution < 1.29 is 4.79 Å². The molecule has 0 bridgehead atoms. The number of nitrogens with zero attached hydrogens (tertiary/aromatic N) is 1. The third-order valence-electron chi connectivity index (χ3n) is 6.67. The molecule has 2 N–H and O–H groups in total. The minimum absolute atomic E-state index is 0.0361. The van der Waals surface area contributed by atoms with Crippen LogP contribution in [0.4, 0.5) is 0 Å². The summed E-state index contributed by atoms with van der Waals surface area (Å²) in [7, 11) is 0. The first-order valence-corrected chi connectivity index (χ1v) is 12.7. The quantitative estimate of drug-likeness (QED) is 0.318. The first kappa shape index (κ1) is 25.3. The fraction of sp³-hybridized carbons (Fsp3) is 0.464. The Bertz CT molecular complexity index is 1020. The van der Waals surface area contributed by atoms with Crippen LogP contribution in [-0.4, -0.2) is 41.5 Å². The Morgan fingerprint density at radius 1 is 1.09 bits per heavy atom. The smallest absolute Gasteiger partial charge is 0.221 e. The molecule has 2 atom stereocenters. The zero-order valence-corrected chi connectivity index (χ0v) is 21.2.